The van der Waals surface area contributed by atoms with Gasteiger partial charge >= 0.3 is 13.3 Å². The highest BCUT2D eigenvalue weighted by Crippen LogP contribution is 2.33. The lowest BCUT2D eigenvalue weighted by Gasteiger charge is -2.40. The second-order valence-corrected chi connectivity index (χ2v) is 14.5. The lowest BCUT2D eigenvalue weighted by Crippen LogP contribution is -2.59. The minimum absolute atomic E-state index is 0.0439. The summed E-state index contributed by atoms with van der Waals surface area (Å²) in [4.78, 5) is 44.6. The van der Waals surface area contributed by atoms with E-state index in [0.29, 0.717) is 19.6 Å². The van der Waals surface area contributed by atoms with Crippen LogP contribution in [0.4, 0.5) is 0 Å². The van der Waals surface area contributed by atoms with E-state index < -0.39 is 62.3 Å². The van der Waals surface area contributed by atoms with Gasteiger partial charge < -0.3 is 44.4 Å². The smallest absolute Gasteiger partial charge is 0.350 e. The number of aromatic nitrogens is 2. The fourth-order valence-electron chi connectivity index (χ4n) is 5.95. The van der Waals surface area contributed by atoms with Crippen molar-refractivity contribution in [1.29, 1.82) is 0 Å². The number of unbranched alkanes of at least 4 members (excludes halogenated alkanes) is 13. The summed E-state index contributed by atoms with van der Waals surface area (Å²) in [5.74, 6) is 0. The van der Waals surface area contributed by atoms with Gasteiger partial charge in [0, 0.05) is 37.9 Å². The maximum atomic E-state index is 13.4. The molecular formula is C33H61N2O12P. The van der Waals surface area contributed by atoms with Gasteiger partial charge in [-0.3, -0.25) is 18.5 Å². The molecule has 0 amide bonds. The first kappa shape index (κ1) is 42.7. The summed E-state index contributed by atoms with van der Waals surface area (Å²) in [6, 6.07) is 0. The summed E-state index contributed by atoms with van der Waals surface area (Å²) in [6.45, 7) is 2.26. The Morgan fingerprint density at radius 1 is 0.729 bits per heavy atom. The number of hydrogen-bond acceptors (Lipinski definition) is 10. The van der Waals surface area contributed by atoms with Gasteiger partial charge in [0.2, 0.25) is 0 Å². The third kappa shape index (κ3) is 16.1. The van der Waals surface area contributed by atoms with Crippen LogP contribution in [0.3, 0.4) is 0 Å². The SMILES string of the molecule is CCCCCCCCCCCCCCCCOCCCn1c(=O)c(CC2O[C@H](CO)[C@H](O)[C@H](O)[C@H]2O)cn(CCOCP(=O)(O)O)c1=O. The van der Waals surface area contributed by atoms with Crippen LogP contribution >= 0.6 is 7.60 Å². The molecule has 14 nitrogen and oxygen atoms in total. The molecular weight excluding hydrogens is 647 g/mol. The molecule has 0 bridgehead atoms. The maximum absolute atomic E-state index is 13.4. The van der Waals surface area contributed by atoms with Gasteiger partial charge in [0.05, 0.1) is 25.9 Å². The Hall–Kier alpha value is -1.45. The molecule has 0 aromatic carbocycles. The van der Waals surface area contributed by atoms with Gasteiger partial charge in [0.25, 0.3) is 5.56 Å². The Balaban J connectivity index is 1.82. The van der Waals surface area contributed by atoms with Crippen LogP contribution < -0.4 is 11.2 Å². The quantitative estimate of drug-likeness (QED) is 0.0575. The molecule has 5 atom stereocenters. The first-order chi connectivity index (χ1) is 23.0. The van der Waals surface area contributed by atoms with E-state index in [-0.39, 0.29) is 31.7 Å². The summed E-state index contributed by atoms with van der Waals surface area (Å²) in [5, 5.41) is 40.3. The van der Waals surface area contributed by atoms with E-state index in [9.17, 15) is 34.6 Å². The molecule has 2 rings (SSSR count). The zero-order chi connectivity index (χ0) is 35.4. The normalized spacial score (nSPS) is 21.6. The van der Waals surface area contributed by atoms with Crippen LogP contribution in [-0.4, -0.2) is 103 Å². The summed E-state index contributed by atoms with van der Waals surface area (Å²) in [5.41, 5.74) is -1.21. The van der Waals surface area contributed by atoms with E-state index in [1.807, 2.05) is 0 Å². The molecule has 6 N–H and O–H groups in total. The van der Waals surface area contributed by atoms with Crippen LogP contribution in [0, 0.1) is 0 Å². The van der Waals surface area contributed by atoms with E-state index in [2.05, 4.69) is 6.92 Å². The van der Waals surface area contributed by atoms with Crippen molar-refractivity contribution in [2.75, 3.05) is 32.8 Å². The molecule has 0 spiro atoms. The van der Waals surface area contributed by atoms with Gasteiger partial charge in [-0.2, -0.15) is 0 Å². The van der Waals surface area contributed by atoms with Crippen LogP contribution in [0.1, 0.15) is 109 Å². The maximum Gasteiger partial charge on any atom is 0.350 e. The summed E-state index contributed by atoms with van der Waals surface area (Å²) >= 11 is 0. The Labute approximate surface area is 284 Å². The largest absolute Gasteiger partial charge is 0.394 e. The highest BCUT2D eigenvalue weighted by atomic mass is 31.2. The minimum Gasteiger partial charge on any atom is -0.394 e. The van der Waals surface area contributed by atoms with E-state index in [4.69, 9.17) is 24.0 Å². The first-order valence-electron chi connectivity index (χ1n) is 17.8. The highest BCUT2D eigenvalue weighted by molar-refractivity contribution is 7.51. The molecule has 0 aliphatic carbocycles. The van der Waals surface area contributed by atoms with Crippen LogP contribution in [0.15, 0.2) is 15.8 Å². The van der Waals surface area contributed by atoms with Crippen molar-refractivity contribution in [3.63, 3.8) is 0 Å². The Bertz CT molecular complexity index is 1170. The third-order valence-electron chi connectivity index (χ3n) is 8.77. The zero-order valence-electron chi connectivity index (χ0n) is 28.7. The molecule has 1 aliphatic rings. The molecule has 1 aromatic rings. The monoisotopic (exact) mass is 708 g/mol. The Morgan fingerprint density at radius 3 is 1.83 bits per heavy atom. The van der Waals surface area contributed by atoms with Crippen LogP contribution in [0.25, 0.3) is 0 Å². The number of ether oxygens (including phenoxy) is 3. The fraction of sp³-hybridized carbons (Fsp3) is 0.879. The molecule has 2 heterocycles. The van der Waals surface area contributed by atoms with Gasteiger partial charge in [-0.25, -0.2) is 4.79 Å². The van der Waals surface area contributed by atoms with Gasteiger partial charge in [-0.05, 0) is 12.8 Å². The molecule has 0 radical (unpaired) electrons. The number of aliphatic hydroxyl groups excluding tert-OH is 4. The first-order valence-corrected chi connectivity index (χ1v) is 19.6. The van der Waals surface area contributed by atoms with Crippen molar-refractivity contribution < 1.29 is 49.0 Å². The standard InChI is InChI=1S/C33H61N2O12P/c1-2-3-4-5-6-7-8-9-10-11-12-13-14-15-19-45-20-16-17-35-32(40)26(22-27-29(37)31(39)30(38)28(24-36)47-27)23-34(33(35)41)18-21-46-25-48(42,43)44/h23,27-31,36-39H,2-22,24-25H2,1H3,(H2,42,43,44)/t27?,28-,29+,30+,31-/m1/s1. The van der Waals surface area contributed by atoms with Crippen molar-refractivity contribution in [3.05, 3.63) is 32.6 Å². The molecule has 1 unspecified atom stereocenters. The van der Waals surface area contributed by atoms with Crippen molar-refractivity contribution in [1.82, 2.24) is 9.13 Å². The molecule has 0 saturated carbocycles. The van der Waals surface area contributed by atoms with E-state index in [1.54, 1.807) is 0 Å². The van der Waals surface area contributed by atoms with Crippen molar-refractivity contribution in [3.8, 4) is 0 Å². The van der Waals surface area contributed by atoms with E-state index in [0.717, 1.165) is 17.4 Å². The van der Waals surface area contributed by atoms with Gasteiger partial charge in [-0.15, -0.1) is 0 Å². The molecule has 15 heteroatoms. The topological polar surface area (TPSA) is 210 Å². The van der Waals surface area contributed by atoms with Crippen LogP contribution in [0.5, 0.6) is 0 Å². The van der Waals surface area contributed by atoms with Crippen molar-refractivity contribution >= 4 is 7.60 Å². The predicted molar refractivity (Wildman–Crippen MR) is 181 cm³/mol. The Kier molecular flexibility index (Phi) is 21.2. The molecule has 1 aromatic heterocycles. The van der Waals surface area contributed by atoms with Crippen molar-refractivity contribution in [2.45, 2.75) is 153 Å². The van der Waals surface area contributed by atoms with Crippen LogP contribution in [-0.2, 0) is 38.3 Å². The van der Waals surface area contributed by atoms with Gasteiger partial charge in [0.15, 0.2) is 0 Å². The van der Waals surface area contributed by atoms with Gasteiger partial charge in [0.1, 0.15) is 30.8 Å². The molecule has 48 heavy (non-hydrogen) atoms. The molecule has 1 aliphatic heterocycles. The van der Waals surface area contributed by atoms with Gasteiger partial charge in [-0.1, -0.05) is 90.4 Å². The number of nitrogens with zero attached hydrogens (tertiary/aromatic N) is 2. The summed E-state index contributed by atoms with van der Waals surface area (Å²) in [7, 11) is -4.41. The van der Waals surface area contributed by atoms with Crippen molar-refractivity contribution in [2.24, 2.45) is 0 Å². The van der Waals surface area contributed by atoms with E-state index >= 15 is 0 Å². The average Bonchev–Trinajstić information content (AvgIpc) is 3.05. The summed E-state index contributed by atoms with van der Waals surface area (Å²) < 4.78 is 29.6. The predicted octanol–water partition coefficient (Wildman–Crippen LogP) is 2.43. The highest BCUT2D eigenvalue weighted by Gasteiger charge is 2.43. The second kappa shape index (κ2) is 23.9. The second-order valence-electron chi connectivity index (χ2n) is 12.9. The van der Waals surface area contributed by atoms with E-state index in [1.165, 1.54) is 87.8 Å². The fourth-order valence-corrected chi connectivity index (χ4v) is 6.31. The average molecular weight is 709 g/mol. The van der Waals surface area contributed by atoms with Crippen LogP contribution in [0.2, 0.25) is 0 Å². The lowest BCUT2D eigenvalue weighted by atomic mass is 9.92. The third-order valence-corrected chi connectivity index (χ3v) is 9.29. The minimum atomic E-state index is -4.41. The Morgan fingerprint density at radius 2 is 1.27 bits per heavy atom. The number of rotatable bonds is 27. The number of aliphatic hydroxyl groups is 4. The summed E-state index contributed by atoms with van der Waals surface area (Å²) in [6.07, 6.45) is 11.3. The molecule has 1 saturated heterocycles. The molecule has 1 fully saturated rings. The number of hydrogen-bond donors (Lipinski definition) is 6. The zero-order valence-corrected chi connectivity index (χ0v) is 29.6. The molecule has 280 valence electrons. The lowest BCUT2D eigenvalue weighted by molar-refractivity contribution is -0.228.